The Kier molecular flexibility index (Phi) is 6.99. The fraction of sp³-hybridized carbons (Fsp3) is 0.400. The minimum absolute atomic E-state index is 0. The number of amides is 2. The van der Waals surface area contributed by atoms with Crippen LogP contribution >= 0.6 is 12.4 Å². The first-order valence-electron chi connectivity index (χ1n) is 7.14. The van der Waals surface area contributed by atoms with Crippen molar-refractivity contribution in [1.82, 2.24) is 4.90 Å². The zero-order valence-corrected chi connectivity index (χ0v) is 13.3. The Hall–Kier alpha value is -2.12. The van der Waals surface area contributed by atoms with Crippen LogP contribution in [0, 0.1) is 0 Å². The topological polar surface area (TPSA) is 113 Å². The quantitative estimate of drug-likeness (QED) is 0.716. The number of carboxylic acid groups (broad SMARTS) is 1. The van der Waals surface area contributed by atoms with E-state index in [2.05, 4.69) is 5.32 Å². The van der Waals surface area contributed by atoms with Gasteiger partial charge < -0.3 is 16.2 Å². The van der Waals surface area contributed by atoms with Crippen LogP contribution in [0.5, 0.6) is 0 Å². The molecule has 1 aromatic carbocycles. The monoisotopic (exact) mass is 341 g/mol. The third-order valence-corrected chi connectivity index (χ3v) is 3.73. The predicted octanol–water partition coefficient (Wildman–Crippen LogP) is 1.08. The molecule has 1 atom stereocenters. The van der Waals surface area contributed by atoms with Gasteiger partial charge in [0.2, 0.25) is 11.8 Å². The lowest BCUT2D eigenvalue weighted by molar-refractivity contribution is -0.142. The lowest BCUT2D eigenvalue weighted by Gasteiger charge is -2.20. The molecule has 0 unspecified atom stereocenters. The number of halogens is 1. The molecular weight excluding hydrogens is 322 g/mol. The number of anilines is 1. The number of nitrogens with zero attached hydrogens (tertiary/aromatic N) is 1. The highest BCUT2D eigenvalue weighted by Gasteiger charge is 2.30. The van der Waals surface area contributed by atoms with Crippen LogP contribution in [-0.2, 0) is 9.59 Å². The Morgan fingerprint density at radius 2 is 1.91 bits per heavy atom. The highest BCUT2D eigenvalue weighted by atomic mass is 35.5. The molecule has 1 aromatic rings. The molecule has 8 heteroatoms. The number of rotatable bonds is 6. The number of likely N-dealkylation sites (tertiary alicyclic amines) is 1. The number of hydrogen-bond donors (Lipinski definition) is 3. The molecule has 23 heavy (non-hydrogen) atoms. The lowest BCUT2D eigenvalue weighted by Crippen LogP contribution is -2.37. The largest absolute Gasteiger partial charge is 0.480 e. The molecule has 126 valence electrons. The summed E-state index contributed by atoms with van der Waals surface area (Å²) in [6.45, 7) is 1.12. The number of carbonyl (C=O) groups is 3. The van der Waals surface area contributed by atoms with Crippen LogP contribution in [0.2, 0.25) is 0 Å². The van der Waals surface area contributed by atoms with Gasteiger partial charge in [-0.3, -0.25) is 19.3 Å². The minimum atomic E-state index is -0.833. The molecule has 1 saturated heterocycles. The van der Waals surface area contributed by atoms with E-state index in [-0.39, 0.29) is 24.7 Å². The third kappa shape index (κ3) is 5.22. The number of carbonyl (C=O) groups excluding carboxylic acids is 2. The summed E-state index contributed by atoms with van der Waals surface area (Å²) in [6.07, 6.45) is 1.69. The summed E-state index contributed by atoms with van der Waals surface area (Å²) in [5.41, 5.74) is 6.09. The molecule has 0 spiro atoms. The van der Waals surface area contributed by atoms with Gasteiger partial charge in [0.25, 0.3) is 0 Å². The van der Waals surface area contributed by atoms with Gasteiger partial charge in [0, 0.05) is 24.2 Å². The smallest absolute Gasteiger partial charge is 0.320 e. The molecule has 0 radical (unpaired) electrons. The van der Waals surface area contributed by atoms with Crippen LogP contribution in [0.3, 0.4) is 0 Å². The second-order valence-corrected chi connectivity index (χ2v) is 5.27. The fourth-order valence-electron chi connectivity index (χ4n) is 2.56. The maximum Gasteiger partial charge on any atom is 0.320 e. The zero-order chi connectivity index (χ0) is 16.1. The van der Waals surface area contributed by atoms with Crippen molar-refractivity contribution in [3.05, 3.63) is 29.8 Å². The Morgan fingerprint density at radius 3 is 2.48 bits per heavy atom. The summed E-state index contributed by atoms with van der Waals surface area (Å²) in [6, 6.07) is 5.81. The highest BCUT2D eigenvalue weighted by molar-refractivity contribution is 5.94. The fourth-order valence-corrected chi connectivity index (χ4v) is 2.56. The maximum absolute atomic E-state index is 11.9. The molecule has 0 aromatic heterocycles. The number of nitrogens with two attached hydrogens (primary N) is 1. The number of primary amides is 1. The van der Waals surface area contributed by atoms with Crippen LogP contribution in [-0.4, -0.2) is 46.9 Å². The van der Waals surface area contributed by atoms with E-state index in [0.29, 0.717) is 30.8 Å². The van der Waals surface area contributed by atoms with Crippen molar-refractivity contribution in [1.29, 1.82) is 0 Å². The molecule has 1 aliphatic heterocycles. The van der Waals surface area contributed by atoms with Gasteiger partial charge in [-0.2, -0.15) is 0 Å². The summed E-state index contributed by atoms with van der Waals surface area (Å²) < 4.78 is 0. The highest BCUT2D eigenvalue weighted by Crippen LogP contribution is 2.17. The van der Waals surface area contributed by atoms with Gasteiger partial charge in [0.05, 0.1) is 0 Å². The first-order valence-corrected chi connectivity index (χ1v) is 7.14. The van der Waals surface area contributed by atoms with E-state index in [9.17, 15) is 14.4 Å². The molecule has 0 aliphatic carbocycles. The standard InChI is InChI=1S/C15H19N3O4.ClH/c16-14(20)10-3-5-11(6-4-10)17-13(19)7-9-18-8-1-2-12(18)15(21)22;/h3-6,12H,1-2,7-9H2,(H2,16,20)(H,17,19)(H,21,22);1H/t12-;/m0./s1. The van der Waals surface area contributed by atoms with Gasteiger partial charge in [0.1, 0.15) is 6.04 Å². The normalized spacial score (nSPS) is 17.3. The Labute approximate surface area is 140 Å². The van der Waals surface area contributed by atoms with Crippen molar-refractivity contribution in [3.8, 4) is 0 Å². The second kappa shape index (κ2) is 8.50. The summed E-state index contributed by atoms with van der Waals surface area (Å²) >= 11 is 0. The van der Waals surface area contributed by atoms with E-state index in [4.69, 9.17) is 10.8 Å². The van der Waals surface area contributed by atoms with Crippen molar-refractivity contribution in [2.24, 2.45) is 5.73 Å². The van der Waals surface area contributed by atoms with Crippen LogP contribution < -0.4 is 11.1 Å². The summed E-state index contributed by atoms with van der Waals surface area (Å²) in [7, 11) is 0. The molecule has 0 bridgehead atoms. The first kappa shape index (κ1) is 18.9. The van der Waals surface area contributed by atoms with E-state index in [0.717, 1.165) is 6.42 Å². The second-order valence-electron chi connectivity index (χ2n) is 5.27. The van der Waals surface area contributed by atoms with Crippen molar-refractivity contribution in [2.45, 2.75) is 25.3 Å². The van der Waals surface area contributed by atoms with Crippen LogP contribution in [0.1, 0.15) is 29.6 Å². The molecule has 4 N–H and O–H groups in total. The predicted molar refractivity (Wildman–Crippen MR) is 87.7 cm³/mol. The van der Waals surface area contributed by atoms with Gasteiger partial charge in [-0.1, -0.05) is 0 Å². The average molecular weight is 342 g/mol. The molecule has 1 fully saturated rings. The summed E-state index contributed by atoms with van der Waals surface area (Å²) in [4.78, 5) is 35.7. The molecule has 0 saturated carbocycles. The van der Waals surface area contributed by atoms with E-state index >= 15 is 0 Å². The third-order valence-electron chi connectivity index (χ3n) is 3.73. The summed E-state index contributed by atoms with van der Waals surface area (Å²) in [5.74, 6) is -1.55. The molecule has 7 nitrogen and oxygen atoms in total. The van der Waals surface area contributed by atoms with Crippen LogP contribution in [0.25, 0.3) is 0 Å². The van der Waals surface area contributed by atoms with Gasteiger partial charge in [-0.25, -0.2) is 0 Å². The SMILES string of the molecule is Cl.NC(=O)c1ccc(NC(=O)CCN2CCC[C@H]2C(=O)O)cc1. The van der Waals surface area contributed by atoms with Gasteiger partial charge in [-0.15, -0.1) is 12.4 Å². The maximum atomic E-state index is 11.9. The van der Waals surface area contributed by atoms with Gasteiger partial charge in [0.15, 0.2) is 0 Å². The number of aliphatic carboxylic acids is 1. The van der Waals surface area contributed by atoms with Gasteiger partial charge in [-0.05, 0) is 43.7 Å². The van der Waals surface area contributed by atoms with Crippen LogP contribution in [0.4, 0.5) is 5.69 Å². The molecule has 2 rings (SSSR count). The summed E-state index contributed by atoms with van der Waals surface area (Å²) in [5, 5.41) is 11.8. The van der Waals surface area contributed by atoms with E-state index in [1.807, 2.05) is 4.90 Å². The Morgan fingerprint density at radius 1 is 1.26 bits per heavy atom. The van der Waals surface area contributed by atoms with Crippen molar-refractivity contribution < 1.29 is 19.5 Å². The molecular formula is C15H20ClN3O4. The Bertz CT molecular complexity index is 577. The average Bonchev–Trinajstić information content (AvgIpc) is 2.94. The first-order chi connectivity index (χ1) is 10.5. The van der Waals surface area contributed by atoms with Crippen molar-refractivity contribution in [3.63, 3.8) is 0 Å². The molecule has 2 amide bonds. The Balaban J connectivity index is 0.00000264. The number of nitrogens with one attached hydrogen (secondary N) is 1. The lowest BCUT2D eigenvalue weighted by atomic mass is 10.2. The molecule has 1 heterocycles. The zero-order valence-electron chi connectivity index (χ0n) is 12.5. The minimum Gasteiger partial charge on any atom is -0.480 e. The molecule has 1 aliphatic rings. The van der Waals surface area contributed by atoms with E-state index in [1.54, 1.807) is 24.3 Å². The van der Waals surface area contributed by atoms with Crippen molar-refractivity contribution >= 4 is 35.9 Å². The number of carboxylic acids is 1. The van der Waals surface area contributed by atoms with Crippen molar-refractivity contribution in [2.75, 3.05) is 18.4 Å². The van der Waals surface area contributed by atoms with E-state index < -0.39 is 17.9 Å². The number of hydrogen-bond acceptors (Lipinski definition) is 4. The van der Waals surface area contributed by atoms with E-state index in [1.165, 1.54) is 0 Å². The van der Waals surface area contributed by atoms with Crippen LogP contribution in [0.15, 0.2) is 24.3 Å². The number of benzene rings is 1. The van der Waals surface area contributed by atoms with Gasteiger partial charge >= 0.3 is 5.97 Å².